The number of hydrogen-bond donors (Lipinski definition) is 2. The standard InChI is InChI=1S/C6H15N2O2Si/c1-4-5(8-6(7)9)11(2,3)10/h5H,4H2,1-3H3,(H3,7,8,9). The molecule has 0 bridgehead atoms. The third kappa shape index (κ3) is 4.00. The van der Waals surface area contributed by atoms with E-state index in [1.54, 1.807) is 13.1 Å². The molecule has 0 fully saturated rings. The van der Waals surface area contributed by atoms with E-state index in [0.29, 0.717) is 6.42 Å². The molecule has 0 heterocycles. The number of urea groups is 1. The molecule has 11 heavy (non-hydrogen) atoms. The Balaban J connectivity index is 4.07. The number of primary amides is 1. The van der Waals surface area contributed by atoms with Crippen LogP contribution in [0.4, 0.5) is 4.79 Å². The third-order valence-corrected chi connectivity index (χ3v) is 3.79. The van der Waals surface area contributed by atoms with Gasteiger partial charge in [-0.05, 0) is 19.5 Å². The largest absolute Gasteiger partial charge is 0.352 e. The highest BCUT2D eigenvalue weighted by molar-refractivity contribution is 6.71. The molecule has 1 unspecified atom stereocenters. The minimum absolute atomic E-state index is 0.250. The summed E-state index contributed by atoms with van der Waals surface area (Å²) in [6, 6.07) is -0.603. The van der Waals surface area contributed by atoms with Crippen molar-refractivity contribution >= 4 is 14.3 Å². The molecule has 0 aromatic heterocycles. The normalized spacial score (nSPS) is 14.2. The third-order valence-electron chi connectivity index (χ3n) is 1.56. The van der Waals surface area contributed by atoms with Gasteiger partial charge in [0.05, 0.1) is 5.67 Å². The van der Waals surface area contributed by atoms with Crippen LogP contribution < -0.4 is 11.1 Å². The van der Waals surface area contributed by atoms with Crippen LogP contribution in [0.15, 0.2) is 0 Å². The fourth-order valence-corrected chi connectivity index (χ4v) is 2.41. The summed E-state index contributed by atoms with van der Waals surface area (Å²) in [5.41, 5.74) is 4.65. The molecule has 0 aromatic carbocycles. The van der Waals surface area contributed by atoms with Gasteiger partial charge in [-0.15, -0.1) is 0 Å². The molecule has 0 saturated heterocycles. The van der Waals surface area contributed by atoms with Crippen LogP contribution in [0.5, 0.6) is 0 Å². The summed E-state index contributed by atoms with van der Waals surface area (Å²) in [6.45, 7) is 5.20. The SMILES string of the molecule is CCC(NC(N)=O)[Si](C)(C)[O]. The van der Waals surface area contributed by atoms with Crippen molar-refractivity contribution in [1.82, 2.24) is 5.32 Å². The van der Waals surface area contributed by atoms with Crippen molar-refractivity contribution in [2.75, 3.05) is 0 Å². The van der Waals surface area contributed by atoms with Crippen molar-refractivity contribution in [3.8, 4) is 0 Å². The van der Waals surface area contributed by atoms with Crippen LogP contribution in [0.3, 0.4) is 0 Å². The molecule has 1 radical (unpaired) electrons. The van der Waals surface area contributed by atoms with E-state index in [1.807, 2.05) is 6.92 Å². The van der Waals surface area contributed by atoms with Crippen LogP contribution >= 0.6 is 0 Å². The van der Waals surface area contributed by atoms with E-state index in [4.69, 9.17) is 5.73 Å². The zero-order chi connectivity index (χ0) is 9.07. The van der Waals surface area contributed by atoms with Crippen LogP contribution in [-0.2, 0) is 4.80 Å². The van der Waals surface area contributed by atoms with Gasteiger partial charge in [0.1, 0.15) is 0 Å². The molecule has 0 aliphatic rings. The van der Waals surface area contributed by atoms with Gasteiger partial charge in [-0.3, -0.25) is 4.80 Å². The molecule has 2 amide bonds. The number of carbonyl (C=O) groups is 1. The predicted octanol–water partition coefficient (Wildman–Crippen LogP) is 0.608. The molecular formula is C6H15N2O2Si. The van der Waals surface area contributed by atoms with E-state index in [-0.39, 0.29) is 5.67 Å². The molecule has 3 N–H and O–H groups in total. The van der Waals surface area contributed by atoms with Crippen molar-refractivity contribution in [3.63, 3.8) is 0 Å². The molecule has 5 heteroatoms. The number of nitrogens with one attached hydrogen (secondary N) is 1. The summed E-state index contributed by atoms with van der Waals surface area (Å²) in [7, 11) is -2.51. The zero-order valence-corrected chi connectivity index (χ0v) is 8.18. The van der Waals surface area contributed by atoms with E-state index in [2.05, 4.69) is 5.32 Å². The maximum atomic E-state index is 11.4. The highest BCUT2D eigenvalue weighted by Crippen LogP contribution is 2.07. The second-order valence-electron chi connectivity index (χ2n) is 3.07. The van der Waals surface area contributed by atoms with Gasteiger partial charge < -0.3 is 11.1 Å². The second-order valence-corrected chi connectivity index (χ2v) is 6.98. The lowest BCUT2D eigenvalue weighted by Gasteiger charge is -2.23. The Kier molecular flexibility index (Phi) is 3.54. The van der Waals surface area contributed by atoms with Gasteiger partial charge in [0.2, 0.25) is 0 Å². The van der Waals surface area contributed by atoms with Crippen molar-refractivity contribution < 1.29 is 9.59 Å². The second kappa shape index (κ2) is 3.73. The highest BCUT2D eigenvalue weighted by atomic mass is 28.4. The lowest BCUT2D eigenvalue weighted by molar-refractivity contribution is 0.246. The monoisotopic (exact) mass is 175 g/mol. The number of amides is 2. The molecule has 0 rings (SSSR count). The average molecular weight is 175 g/mol. The summed E-state index contributed by atoms with van der Waals surface area (Å²) >= 11 is 0. The first kappa shape index (κ1) is 10.4. The molecule has 0 spiro atoms. The topological polar surface area (TPSA) is 75.0 Å². The fraction of sp³-hybridized carbons (Fsp3) is 0.833. The van der Waals surface area contributed by atoms with Crippen molar-refractivity contribution in [1.29, 1.82) is 0 Å². The Morgan fingerprint density at radius 2 is 2.09 bits per heavy atom. The van der Waals surface area contributed by atoms with Crippen molar-refractivity contribution in [3.05, 3.63) is 0 Å². The smallest absolute Gasteiger partial charge is 0.312 e. The van der Waals surface area contributed by atoms with Gasteiger partial charge in [0.25, 0.3) is 8.32 Å². The van der Waals surface area contributed by atoms with Gasteiger partial charge in [-0.1, -0.05) is 6.92 Å². The molecule has 0 aliphatic heterocycles. The van der Waals surface area contributed by atoms with Crippen LogP contribution in [0.25, 0.3) is 0 Å². The van der Waals surface area contributed by atoms with Gasteiger partial charge >= 0.3 is 6.03 Å². The van der Waals surface area contributed by atoms with E-state index in [9.17, 15) is 9.59 Å². The Hall–Kier alpha value is -0.553. The summed E-state index contributed by atoms with van der Waals surface area (Å²) in [6.07, 6.45) is 0.658. The summed E-state index contributed by atoms with van der Waals surface area (Å²) < 4.78 is 0. The molecule has 1 atom stereocenters. The molecule has 0 aliphatic carbocycles. The van der Waals surface area contributed by atoms with Gasteiger partial charge in [-0.2, -0.15) is 0 Å². The van der Waals surface area contributed by atoms with E-state index >= 15 is 0 Å². The van der Waals surface area contributed by atoms with Crippen molar-refractivity contribution in [2.45, 2.75) is 32.1 Å². The maximum absolute atomic E-state index is 11.4. The molecule has 4 nitrogen and oxygen atoms in total. The van der Waals surface area contributed by atoms with Gasteiger partial charge in [0.15, 0.2) is 0 Å². The van der Waals surface area contributed by atoms with E-state index < -0.39 is 14.3 Å². The maximum Gasteiger partial charge on any atom is 0.312 e. The molecule has 65 valence electrons. The van der Waals surface area contributed by atoms with Gasteiger partial charge in [-0.25, -0.2) is 4.79 Å². The predicted molar refractivity (Wildman–Crippen MR) is 45.0 cm³/mol. The Bertz CT molecular complexity index is 144. The minimum Gasteiger partial charge on any atom is -0.352 e. The minimum atomic E-state index is -2.51. The number of rotatable bonds is 3. The lowest BCUT2D eigenvalue weighted by Crippen LogP contribution is -2.53. The average Bonchev–Trinajstić information content (AvgIpc) is 1.79. The first-order chi connectivity index (χ1) is 4.88. The Morgan fingerprint density at radius 1 is 1.64 bits per heavy atom. The summed E-state index contributed by atoms with van der Waals surface area (Å²) in [4.78, 5) is 21.8. The number of nitrogens with two attached hydrogens (primary N) is 1. The number of hydrogen-bond acceptors (Lipinski definition) is 1. The number of carbonyl (C=O) groups excluding carboxylic acids is 1. The molecule has 0 saturated carbocycles. The molecule has 0 aromatic rings. The first-order valence-corrected chi connectivity index (χ1v) is 6.63. The van der Waals surface area contributed by atoms with Crippen LogP contribution in [-0.4, -0.2) is 20.0 Å². The van der Waals surface area contributed by atoms with E-state index in [1.165, 1.54) is 0 Å². The highest BCUT2D eigenvalue weighted by Gasteiger charge is 2.31. The molecular weight excluding hydrogens is 160 g/mol. The van der Waals surface area contributed by atoms with Crippen LogP contribution in [0.2, 0.25) is 13.1 Å². The van der Waals surface area contributed by atoms with E-state index in [0.717, 1.165) is 0 Å². The van der Waals surface area contributed by atoms with Crippen LogP contribution in [0, 0.1) is 0 Å². The fourth-order valence-electron chi connectivity index (χ4n) is 0.939. The quantitative estimate of drug-likeness (QED) is 0.606. The Morgan fingerprint density at radius 3 is 2.18 bits per heavy atom. The lowest BCUT2D eigenvalue weighted by atomic mass is 10.5. The first-order valence-electron chi connectivity index (χ1n) is 3.64. The van der Waals surface area contributed by atoms with Crippen molar-refractivity contribution in [2.24, 2.45) is 5.73 Å². The van der Waals surface area contributed by atoms with Crippen LogP contribution in [0.1, 0.15) is 13.3 Å². The Labute approximate surface area is 67.9 Å². The summed E-state index contributed by atoms with van der Waals surface area (Å²) in [5.74, 6) is 0. The zero-order valence-electron chi connectivity index (χ0n) is 7.18. The summed E-state index contributed by atoms with van der Waals surface area (Å²) in [5, 5.41) is 2.46. The van der Waals surface area contributed by atoms with Gasteiger partial charge in [0, 0.05) is 0 Å².